The van der Waals surface area contributed by atoms with E-state index >= 15 is 0 Å². The predicted molar refractivity (Wildman–Crippen MR) is 141 cm³/mol. The minimum absolute atomic E-state index is 0.0675. The minimum Gasteiger partial charge on any atom is -0.507 e. The maximum Gasteiger partial charge on any atom is 0.302 e. The summed E-state index contributed by atoms with van der Waals surface area (Å²) in [7, 11) is 4.39. The van der Waals surface area contributed by atoms with Crippen LogP contribution in [0.3, 0.4) is 0 Å². The van der Waals surface area contributed by atoms with E-state index in [-0.39, 0.29) is 32.9 Å². The van der Waals surface area contributed by atoms with Gasteiger partial charge >= 0.3 is 5.91 Å². The largest absolute Gasteiger partial charge is 0.507 e. The van der Waals surface area contributed by atoms with Gasteiger partial charge in [-0.05, 0) is 24.3 Å². The zero-order valence-electron chi connectivity index (χ0n) is 20.3. The molecule has 10 nitrogen and oxygen atoms in total. The van der Waals surface area contributed by atoms with Crippen LogP contribution in [0.5, 0.6) is 17.2 Å². The van der Waals surface area contributed by atoms with E-state index in [0.29, 0.717) is 28.2 Å². The summed E-state index contributed by atoms with van der Waals surface area (Å²) in [4.78, 5) is 39.9. The summed E-state index contributed by atoms with van der Waals surface area (Å²) in [6.45, 7) is 0. The fraction of sp³-hybridized carbons (Fsp3) is 0.154. The third kappa shape index (κ3) is 4.07. The number of ether oxygens (including phenoxy) is 3. The molecule has 194 valence electrons. The molecule has 2 aromatic heterocycles. The quantitative estimate of drug-likeness (QED) is 0.195. The number of imidazole rings is 1. The first-order valence-electron chi connectivity index (χ1n) is 11.2. The molecule has 38 heavy (non-hydrogen) atoms. The maximum absolute atomic E-state index is 13.4. The number of hydrogen-bond acceptors (Lipinski definition) is 8. The summed E-state index contributed by atoms with van der Waals surface area (Å²) >= 11 is 12.5. The number of aromatic nitrogens is 3. The van der Waals surface area contributed by atoms with Gasteiger partial charge in [0.2, 0.25) is 5.95 Å². The second kappa shape index (κ2) is 9.88. The molecule has 1 saturated heterocycles. The molecule has 3 heterocycles. The number of pyridine rings is 1. The van der Waals surface area contributed by atoms with Crippen molar-refractivity contribution in [1.29, 1.82) is 0 Å². The molecule has 1 atom stereocenters. The Balaban J connectivity index is 1.72. The van der Waals surface area contributed by atoms with Crippen LogP contribution in [0.25, 0.3) is 16.8 Å². The average Bonchev–Trinajstić information content (AvgIpc) is 3.44. The number of Topliss-reactive ketones (excluding diaryl/α,β-unsaturated/α-hetero) is 1. The summed E-state index contributed by atoms with van der Waals surface area (Å²) in [5, 5.41) is 11.6. The highest BCUT2D eigenvalue weighted by Crippen LogP contribution is 2.43. The Kier molecular flexibility index (Phi) is 6.60. The number of H-pyrrole nitrogens is 1. The number of ketones is 1. The van der Waals surface area contributed by atoms with Gasteiger partial charge in [0.1, 0.15) is 11.8 Å². The van der Waals surface area contributed by atoms with Gasteiger partial charge in [0, 0.05) is 23.9 Å². The minimum atomic E-state index is -1.11. The fourth-order valence-corrected chi connectivity index (χ4v) is 4.99. The number of amides is 1. The molecule has 1 unspecified atom stereocenters. The third-order valence-electron chi connectivity index (χ3n) is 6.09. The molecule has 1 fully saturated rings. The lowest BCUT2D eigenvalue weighted by Gasteiger charge is -2.22. The monoisotopic (exact) mass is 554 g/mol. The number of rotatable bonds is 6. The number of fused-ring (bicyclic) bond motifs is 1. The standard InChI is InChI=1S/C26H20Cl2N4O6/c1-36-18-10-16-17(11-19(18)37-2)31-26(30-16)32-21(15-6-4-5-7-29-15)20(23(34)25(32)35)22(33)12-8-13(27)24(38-3)14(28)9-12/h4-11,21,33H,1-3H3,(H,30,31)/b22-20+. The van der Waals surface area contributed by atoms with E-state index in [1.165, 1.54) is 39.7 Å². The Morgan fingerprint density at radius 2 is 1.68 bits per heavy atom. The van der Waals surface area contributed by atoms with Crippen LogP contribution in [0.4, 0.5) is 5.95 Å². The van der Waals surface area contributed by atoms with E-state index in [1.807, 2.05) is 0 Å². The average molecular weight is 555 g/mol. The fourth-order valence-electron chi connectivity index (χ4n) is 4.35. The second-order valence-corrected chi connectivity index (χ2v) is 9.00. The van der Waals surface area contributed by atoms with Crippen molar-refractivity contribution in [1.82, 2.24) is 15.0 Å². The first kappa shape index (κ1) is 25.4. The van der Waals surface area contributed by atoms with Gasteiger partial charge < -0.3 is 24.3 Å². The Morgan fingerprint density at radius 1 is 1.00 bits per heavy atom. The van der Waals surface area contributed by atoms with Crippen LogP contribution >= 0.6 is 23.2 Å². The molecular weight excluding hydrogens is 535 g/mol. The van der Waals surface area contributed by atoms with Gasteiger partial charge in [-0.3, -0.25) is 19.5 Å². The molecule has 2 N–H and O–H groups in total. The van der Waals surface area contributed by atoms with Crippen molar-refractivity contribution in [2.75, 3.05) is 26.2 Å². The normalized spacial score (nSPS) is 16.8. The summed E-state index contributed by atoms with van der Waals surface area (Å²) in [6.07, 6.45) is 1.52. The van der Waals surface area contributed by atoms with Crippen molar-refractivity contribution < 1.29 is 28.9 Å². The highest BCUT2D eigenvalue weighted by atomic mass is 35.5. The number of aliphatic hydroxyl groups is 1. The predicted octanol–water partition coefficient (Wildman–Crippen LogP) is 4.92. The van der Waals surface area contributed by atoms with E-state index in [2.05, 4.69) is 15.0 Å². The van der Waals surface area contributed by atoms with Gasteiger partial charge in [-0.2, -0.15) is 0 Å². The molecule has 0 saturated carbocycles. The molecular formula is C26H20Cl2N4O6. The lowest BCUT2D eigenvalue weighted by molar-refractivity contribution is -0.132. The van der Waals surface area contributed by atoms with E-state index < -0.39 is 23.5 Å². The van der Waals surface area contributed by atoms with E-state index in [1.54, 1.807) is 30.3 Å². The number of carbonyl (C=O) groups is 2. The van der Waals surface area contributed by atoms with Crippen molar-refractivity contribution in [3.8, 4) is 17.2 Å². The van der Waals surface area contributed by atoms with Crippen LogP contribution in [0.1, 0.15) is 17.3 Å². The molecule has 2 aromatic carbocycles. The Bertz CT molecular complexity index is 1560. The topological polar surface area (TPSA) is 127 Å². The molecule has 5 rings (SSSR count). The van der Waals surface area contributed by atoms with Gasteiger partial charge in [-0.15, -0.1) is 0 Å². The number of carbonyl (C=O) groups excluding carboxylic acids is 2. The summed E-state index contributed by atoms with van der Waals surface area (Å²) in [5.41, 5.74) is 1.25. The lowest BCUT2D eigenvalue weighted by Crippen LogP contribution is -2.30. The SMILES string of the molecule is COc1cc2nc(N3C(=O)C(=O)/C(=C(/O)c4cc(Cl)c(OC)c(Cl)c4)C3c3ccccn3)[nH]c2cc1OC. The number of nitrogens with zero attached hydrogens (tertiary/aromatic N) is 3. The first-order valence-corrected chi connectivity index (χ1v) is 11.9. The van der Waals surface area contributed by atoms with E-state index in [4.69, 9.17) is 37.4 Å². The summed E-state index contributed by atoms with van der Waals surface area (Å²) < 4.78 is 15.9. The maximum atomic E-state index is 13.4. The van der Waals surface area contributed by atoms with Gasteiger partial charge in [0.05, 0.1) is 53.7 Å². The second-order valence-electron chi connectivity index (χ2n) is 8.18. The number of anilines is 1. The highest BCUT2D eigenvalue weighted by molar-refractivity contribution is 6.51. The number of halogens is 2. The number of benzene rings is 2. The molecule has 0 radical (unpaired) electrons. The molecule has 12 heteroatoms. The van der Waals surface area contributed by atoms with Gasteiger partial charge in [0.15, 0.2) is 17.2 Å². The van der Waals surface area contributed by atoms with Crippen LogP contribution < -0.4 is 19.1 Å². The summed E-state index contributed by atoms with van der Waals surface area (Å²) in [5.74, 6) is -1.16. The number of aliphatic hydroxyl groups excluding tert-OH is 1. The zero-order chi connectivity index (χ0) is 27.1. The zero-order valence-corrected chi connectivity index (χ0v) is 21.8. The molecule has 0 aliphatic carbocycles. The van der Waals surface area contributed by atoms with Crippen molar-refractivity contribution in [3.63, 3.8) is 0 Å². The number of nitrogens with one attached hydrogen (secondary N) is 1. The number of hydrogen-bond donors (Lipinski definition) is 2. The van der Waals surface area contributed by atoms with Crippen molar-refractivity contribution in [2.45, 2.75) is 6.04 Å². The highest BCUT2D eigenvalue weighted by Gasteiger charge is 2.49. The van der Waals surface area contributed by atoms with Crippen molar-refractivity contribution in [2.24, 2.45) is 0 Å². The Labute approximate surface area is 226 Å². The van der Waals surface area contributed by atoms with Crippen molar-refractivity contribution >= 4 is 57.6 Å². The molecule has 1 amide bonds. The Hall–Kier alpha value is -4.28. The number of methoxy groups -OCH3 is 3. The van der Waals surface area contributed by atoms with Crippen molar-refractivity contribution in [3.05, 3.63) is 75.5 Å². The molecule has 0 spiro atoms. The van der Waals surface area contributed by atoms with Gasteiger partial charge in [-0.25, -0.2) is 4.98 Å². The van der Waals surface area contributed by atoms with Crippen LogP contribution in [-0.4, -0.2) is 53.1 Å². The van der Waals surface area contributed by atoms with Crippen LogP contribution in [0, 0.1) is 0 Å². The van der Waals surface area contributed by atoms with Crippen LogP contribution in [0.2, 0.25) is 10.0 Å². The van der Waals surface area contributed by atoms with Gasteiger partial charge in [0.25, 0.3) is 5.78 Å². The molecule has 1 aliphatic heterocycles. The van der Waals surface area contributed by atoms with E-state index in [0.717, 1.165) is 4.90 Å². The van der Waals surface area contributed by atoms with Gasteiger partial charge in [-0.1, -0.05) is 29.3 Å². The molecule has 0 bridgehead atoms. The van der Waals surface area contributed by atoms with E-state index in [9.17, 15) is 14.7 Å². The van der Waals surface area contributed by atoms with Crippen LogP contribution in [-0.2, 0) is 9.59 Å². The van der Waals surface area contributed by atoms with Crippen LogP contribution in [0.15, 0.2) is 54.2 Å². The molecule has 4 aromatic rings. The Morgan fingerprint density at radius 3 is 2.29 bits per heavy atom. The first-order chi connectivity index (χ1) is 18.3. The lowest BCUT2D eigenvalue weighted by atomic mass is 9.98. The summed E-state index contributed by atoms with van der Waals surface area (Å²) in [6, 6.07) is 10.0. The smallest absolute Gasteiger partial charge is 0.302 e. The number of aromatic amines is 1. The molecule has 1 aliphatic rings. The third-order valence-corrected chi connectivity index (χ3v) is 6.65.